The van der Waals surface area contributed by atoms with Gasteiger partial charge in [0, 0.05) is 52.5 Å². The van der Waals surface area contributed by atoms with E-state index in [1.54, 1.807) is 0 Å². The van der Waals surface area contributed by atoms with Crippen LogP contribution in [0.2, 0.25) is 0 Å². The monoisotopic (exact) mass is 449 g/mol. The number of carbonyl (C=O) groups is 1. The Hall–Kier alpha value is -2.67. The largest absolute Gasteiger partial charge is 0.381 e. The van der Waals surface area contributed by atoms with Crippen LogP contribution in [-0.2, 0) is 14.9 Å². The molecule has 3 fully saturated rings. The van der Waals surface area contributed by atoms with Crippen LogP contribution in [0, 0.1) is 5.92 Å². The van der Waals surface area contributed by atoms with Crippen molar-refractivity contribution in [3.8, 4) is 0 Å². The number of amides is 1. The van der Waals surface area contributed by atoms with Crippen molar-refractivity contribution in [2.24, 2.45) is 5.92 Å². The number of hydrogen-bond acceptors (Lipinski definition) is 6. The second-order valence-corrected chi connectivity index (χ2v) is 9.76. The third kappa shape index (κ3) is 4.56. The zero-order valence-electron chi connectivity index (χ0n) is 19.7. The van der Waals surface area contributed by atoms with Crippen molar-refractivity contribution >= 4 is 17.5 Å². The van der Waals surface area contributed by atoms with Gasteiger partial charge in [-0.1, -0.05) is 37.3 Å². The highest BCUT2D eigenvalue weighted by Crippen LogP contribution is 2.37. The molecule has 7 nitrogen and oxygen atoms in total. The summed E-state index contributed by atoms with van der Waals surface area (Å²) in [5, 5.41) is 9.05. The third-order valence-electron chi connectivity index (χ3n) is 7.72. The maximum Gasteiger partial charge on any atom is 0.233 e. The van der Waals surface area contributed by atoms with E-state index >= 15 is 0 Å². The van der Waals surface area contributed by atoms with Crippen LogP contribution in [0.3, 0.4) is 0 Å². The van der Waals surface area contributed by atoms with Gasteiger partial charge in [-0.15, -0.1) is 10.2 Å². The number of anilines is 2. The van der Waals surface area contributed by atoms with E-state index in [1.807, 2.05) is 23.1 Å². The van der Waals surface area contributed by atoms with Crippen molar-refractivity contribution in [1.82, 2.24) is 15.1 Å². The Labute approximate surface area is 196 Å². The molecule has 7 heteroatoms. The summed E-state index contributed by atoms with van der Waals surface area (Å²) in [7, 11) is 0. The number of piperidine rings is 1. The van der Waals surface area contributed by atoms with Crippen LogP contribution < -0.4 is 9.80 Å². The molecular weight excluding hydrogens is 414 g/mol. The van der Waals surface area contributed by atoms with Gasteiger partial charge in [-0.25, -0.2) is 0 Å². The SMILES string of the molecule is CC1CCN(c2ccc(N3CCN(C(=O)C4(c5ccccc5)CCOCC4)CC3)nn2)CC1. The summed E-state index contributed by atoms with van der Waals surface area (Å²) in [4.78, 5) is 20.4. The van der Waals surface area contributed by atoms with Crippen LogP contribution in [0.5, 0.6) is 0 Å². The smallest absolute Gasteiger partial charge is 0.233 e. The summed E-state index contributed by atoms with van der Waals surface area (Å²) in [6, 6.07) is 14.5. The molecule has 176 valence electrons. The summed E-state index contributed by atoms with van der Waals surface area (Å²) in [5.41, 5.74) is 0.656. The lowest BCUT2D eigenvalue weighted by atomic mass is 9.73. The average molecular weight is 450 g/mol. The van der Waals surface area contributed by atoms with Crippen molar-refractivity contribution in [3.05, 3.63) is 48.0 Å². The minimum atomic E-state index is -0.463. The summed E-state index contributed by atoms with van der Waals surface area (Å²) in [6.45, 7) is 8.69. The second kappa shape index (κ2) is 9.67. The summed E-state index contributed by atoms with van der Waals surface area (Å²) in [6.07, 6.45) is 3.93. The fraction of sp³-hybridized carbons (Fsp3) is 0.577. The Morgan fingerprint density at radius 3 is 2.00 bits per heavy atom. The molecular formula is C26H35N5O2. The van der Waals surface area contributed by atoms with E-state index in [2.05, 4.69) is 51.2 Å². The Morgan fingerprint density at radius 1 is 0.848 bits per heavy atom. The van der Waals surface area contributed by atoms with E-state index in [9.17, 15) is 4.79 Å². The first kappa shape index (κ1) is 22.1. The first-order valence-electron chi connectivity index (χ1n) is 12.4. The Morgan fingerprint density at radius 2 is 1.42 bits per heavy atom. The molecule has 5 rings (SSSR count). The van der Waals surface area contributed by atoms with Crippen molar-refractivity contribution in [3.63, 3.8) is 0 Å². The lowest BCUT2D eigenvalue weighted by Crippen LogP contribution is -2.56. The molecule has 1 aromatic heterocycles. The highest BCUT2D eigenvalue weighted by Gasteiger charge is 2.44. The standard InChI is InChI=1S/C26H35N5O2/c1-21-9-13-29(14-10-21)23-7-8-24(28-27-23)30-15-17-31(18-16-30)25(32)26(11-19-33-20-12-26)22-5-3-2-4-6-22/h2-8,21H,9-20H2,1H3. The molecule has 0 aliphatic carbocycles. The van der Waals surface area contributed by atoms with E-state index in [4.69, 9.17) is 4.74 Å². The van der Waals surface area contributed by atoms with E-state index in [-0.39, 0.29) is 5.91 Å². The molecule has 3 aliphatic rings. The summed E-state index contributed by atoms with van der Waals surface area (Å²) < 4.78 is 5.62. The maximum atomic E-state index is 13.8. The maximum absolute atomic E-state index is 13.8. The van der Waals surface area contributed by atoms with Crippen molar-refractivity contribution in [2.75, 3.05) is 62.3 Å². The molecule has 1 amide bonds. The van der Waals surface area contributed by atoms with Crippen LogP contribution in [-0.4, -0.2) is 73.5 Å². The third-order valence-corrected chi connectivity index (χ3v) is 7.72. The van der Waals surface area contributed by atoms with Crippen LogP contribution in [0.1, 0.15) is 38.2 Å². The highest BCUT2D eigenvalue weighted by molar-refractivity contribution is 5.88. The van der Waals surface area contributed by atoms with Crippen molar-refractivity contribution < 1.29 is 9.53 Å². The van der Waals surface area contributed by atoms with Gasteiger partial charge < -0.3 is 19.4 Å². The molecule has 2 aromatic rings. The molecule has 0 bridgehead atoms. The van der Waals surface area contributed by atoms with Gasteiger partial charge in [0.1, 0.15) is 0 Å². The fourth-order valence-corrected chi connectivity index (χ4v) is 5.44. The minimum Gasteiger partial charge on any atom is -0.381 e. The van der Waals surface area contributed by atoms with Crippen molar-refractivity contribution in [2.45, 2.75) is 38.0 Å². The highest BCUT2D eigenvalue weighted by atomic mass is 16.5. The predicted octanol–water partition coefficient (Wildman–Crippen LogP) is 3.11. The lowest BCUT2D eigenvalue weighted by molar-refractivity contribution is -0.141. The predicted molar refractivity (Wildman–Crippen MR) is 130 cm³/mol. The van der Waals surface area contributed by atoms with E-state index in [1.165, 1.54) is 12.8 Å². The molecule has 0 radical (unpaired) electrons. The molecule has 1 aromatic carbocycles. The zero-order chi connectivity index (χ0) is 22.7. The number of nitrogens with zero attached hydrogens (tertiary/aromatic N) is 5. The Balaban J connectivity index is 1.23. The number of hydrogen-bond donors (Lipinski definition) is 0. The number of carbonyl (C=O) groups excluding carboxylic acids is 1. The molecule has 0 unspecified atom stereocenters. The first-order valence-corrected chi connectivity index (χ1v) is 12.4. The summed E-state index contributed by atoms with van der Waals surface area (Å²) >= 11 is 0. The van der Waals surface area contributed by atoms with Crippen LogP contribution in [0.25, 0.3) is 0 Å². The van der Waals surface area contributed by atoms with Gasteiger partial charge >= 0.3 is 0 Å². The molecule has 0 spiro atoms. The number of ether oxygens (including phenoxy) is 1. The van der Waals surface area contributed by atoms with Gasteiger partial charge in [0.05, 0.1) is 5.41 Å². The molecule has 0 atom stereocenters. The number of piperazine rings is 1. The van der Waals surface area contributed by atoms with Gasteiger partial charge in [-0.3, -0.25) is 4.79 Å². The molecule has 0 saturated carbocycles. The topological polar surface area (TPSA) is 61.8 Å². The number of aromatic nitrogens is 2. The Kier molecular flexibility index (Phi) is 6.49. The second-order valence-electron chi connectivity index (χ2n) is 9.76. The van der Waals surface area contributed by atoms with Crippen molar-refractivity contribution in [1.29, 1.82) is 0 Å². The van der Waals surface area contributed by atoms with E-state index in [0.717, 1.165) is 62.1 Å². The Bertz CT molecular complexity index is 913. The summed E-state index contributed by atoms with van der Waals surface area (Å²) in [5.74, 6) is 2.93. The fourth-order valence-electron chi connectivity index (χ4n) is 5.44. The normalized spacial score (nSPS) is 21.8. The van der Waals surface area contributed by atoms with E-state index in [0.29, 0.717) is 26.3 Å². The quantitative estimate of drug-likeness (QED) is 0.715. The van der Waals surface area contributed by atoms with Gasteiger partial charge in [-0.05, 0) is 49.3 Å². The zero-order valence-corrected chi connectivity index (χ0v) is 19.7. The number of rotatable bonds is 4. The number of benzene rings is 1. The first-order chi connectivity index (χ1) is 16.2. The molecule has 33 heavy (non-hydrogen) atoms. The van der Waals surface area contributed by atoms with Crippen LogP contribution in [0.15, 0.2) is 42.5 Å². The van der Waals surface area contributed by atoms with Gasteiger partial charge in [0.25, 0.3) is 0 Å². The van der Waals surface area contributed by atoms with Gasteiger partial charge in [0.15, 0.2) is 11.6 Å². The van der Waals surface area contributed by atoms with Gasteiger partial charge in [-0.2, -0.15) is 0 Å². The van der Waals surface area contributed by atoms with E-state index < -0.39 is 5.41 Å². The van der Waals surface area contributed by atoms with Crippen LogP contribution in [0.4, 0.5) is 11.6 Å². The minimum absolute atomic E-state index is 0.248. The molecule has 4 heterocycles. The lowest BCUT2D eigenvalue weighted by Gasteiger charge is -2.43. The van der Waals surface area contributed by atoms with Crippen LogP contribution >= 0.6 is 0 Å². The molecule has 3 aliphatic heterocycles. The molecule has 3 saturated heterocycles. The molecule has 0 N–H and O–H groups in total. The average Bonchev–Trinajstić information content (AvgIpc) is 2.90. The van der Waals surface area contributed by atoms with Gasteiger partial charge in [0.2, 0.25) is 5.91 Å².